The summed E-state index contributed by atoms with van der Waals surface area (Å²) < 4.78 is 0. The standard InChI is InChI=1S/C24H25ClN6O2/c1-3-27-22(26)15-9-13(2)21-18(11-15)30-23(31-21)20-17(7-8-28-24(20)33)29-12-19(32)14-5-4-6-16(25)10-14/h4-11,19,32H,3,12H2,1-2H3,(H2,26,27)(H,30,31)(H2,28,29,33). The number of nitrogens with two attached hydrogens (primary N) is 1. The first kappa shape index (κ1) is 22.6. The highest BCUT2D eigenvalue weighted by Crippen LogP contribution is 2.27. The molecule has 2 aromatic carbocycles. The van der Waals surface area contributed by atoms with E-state index in [1.807, 2.05) is 26.0 Å². The smallest absolute Gasteiger partial charge is 0.261 e. The van der Waals surface area contributed by atoms with Gasteiger partial charge in [-0.25, -0.2) is 4.98 Å². The average Bonchev–Trinajstić information content (AvgIpc) is 3.22. The number of halogens is 1. The summed E-state index contributed by atoms with van der Waals surface area (Å²) >= 11 is 6.03. The maximum Gasteiger partial charge on any atom is 0.261 e. The van der Waals surface area contributed by atoms with Gasteiger partial charge in [0.15, 0.2) is 0 Å². The summed E-state index contributed by atoms with van der Waals surface area (Å²) in [6.45, 7) is 4.63. The monoisotopic (exact) mass is 464 g/mol. The fraction of sp³-hybridized carbons (Fsp3) is 0.208. The number of benzene rings is 2. The molecule has 0 saturated carbocycles. The van der Waals surface area contributed by atoms with Crippen molar-refractivity contribution in [3.05, 3.63) is 80.7 Å². The van der Waals surface area contributed by atoms with E-state index >= 15 is 0 Å². The molecule has 1 atom stereocenters. The number of aliphatic hydroxyl groups excluding tert-OH is 1. The van der Waals surface area contributed by atoms with E-state index in [0.29, 0.717) is 40.0 Å². The van der Waals surface area contributed by atoms with E-state index in [-0.39, 0.29) is 12.1 Å². The van der Waals surface area contributed by atoms with E-state index in [1.54, 1.807) is 36.5 Å². The predicted molar refractivity (Wildman–Crippen MR) is 133 cm³/mol. The van der Waals surface area contributed by atoms with Crippen molar-refractivity contribution in [2.45, 2.75) is 20.0 Å². The lowest BCUT2D eigenvalue weighted by molar-refractivity contribution is 0.191. The largest absolute Gasteiger partial charge is 0.387 e. The lowest BCUT2D eigenvalue weighted by Crippen LogP contribution is -2.17. The van der Waals surface area contributed by atoms with Crippen molar-refractivity contribution in [1.82, 2.24) is 15.0 Å². The Morgan fingerprint density at radius 3 is 2.88 bits per heavy atom. The number of rotatable bonds is 7. The van der Waals surface area contributed by atoms with Gasteiger partial charge in [0, 0.05) is 29.9 Å². The number of aromatic nitrogens is 3. The maximum atomic E-state index is 12.7. The lowest BCUT2D eigenvalue weighted by Gasteiger charge is -2.15. The molecule has 2 aromatic heterocycles. The number of amidine groups is 1. The Hall–Kier alpha value is -3.62. The van der Waals surface area contributed by atoms with Gasteiger partial charge in [0.25, 0.3) is 5.56 Å². The van der Waals surface area contributed by atoms with Crippen molar-refractivity contribution in [3.63, 3.8) is 0 Å². The number of nitrogens with one attached hydrogen (secondary N) is 3. The fourth-order valence-corrected chi connectivity index (χ4v) is 3.92. The molecule has 0 spiro atoms. The van der Waals surface area contributed by atoms with Crippen LogP contribution in [-0.2, 0) is 0 Å². The highest BCUT2D eigenvalue weighted by Gasteiger charge is 2.17. The molecule has 0 fully saturated rings. The average molecular weight is 465 g/mol. The third-order valence-corrected chi connectivity index (χ3v) is 5.55. The number of imidazole rings is 1. The highest BCUT2D eigenvalue weighted by molar-refractivity contribution is 6.30. The van der Waals surface area contributed by atoms with Crippen molar-refractivity contribution in [2.24, 2.45) is 10.7 Å². The van der Waals surface area contributed by atoms with Crippen LogP contribution in [0.5, 0.6) is 0 Å². The third kappa shape index (κ3) is 4.76. The summed E-state index contributed by atoms with van der Waals surface area (Å²) in [6, 6.07) is 12.6. The summed E-state index contributed by atoms with van der Waals surface area (Å²) in [7, 11) is 0. The van der Waals surface area contributed by atoms with Gasteiger partial charge in [0.1, 0.15) is 17.2 Å². The normalized spacial score (nSPS) is 12.8. The first-order valence-corrected chi connectivity index (χ1v) is 10.9. The molecule has 0 aliphatic rings. The van der Waals surface area contributed by atoms with Crippen molar-refractivity contribution in [2.75, 3.05) is 18.4 Å². The zero-order valence-corrected chi connectivity index (χ0v) is 19.1. The van der Waals surface area contributed by atoms with E-state index in [9.17, 15) is 9.90 Å². The number of anilines is 1. The maximum absolute atomic E-state index is 12.7. The number of hydrogen-bond acceptors (Lipinski definition) is 5. The molecular weight excluding hydrogens is 440 g/mol. The van der Waals surface area contributed by atoms with Gasteiger partial charge < -0.3 is 26.1 Å². The Morgan fingerprint density at radius 1 is 1.30 bits per heavy atom. The van der Waals surface area contributed by atoms with Gasteiger partial charge in [0.2, 0.25) is 0 Å². The van der Waals surface area contributed by atoms with Gasteiger partial charge in [-0.1, -0.05) is 23.7 Å². The summed E-state index contributed by atoms with van der Waals surface area (Å²) in [6.07, 6.45) is 0.741. The van der Waals surface area contributed by atoms with Crippen LogP contribution < -0.4 is 16.6 Å². The van der Waals surface area contributed by atoms with E-state index in [4.69, 9.17) is 17.3 Å². The molecule has 4 aromatic rings. The summed E-state index contributed by atoms with van der Waals surface area (Å²) in [5, 5.41) is 14.3. The number of aryl methyl sites for hydroxylation is 1. The molecule has 2 heterocycles. The fourth-order valence-electron chi connectivity index (χ4n) is 3.72. The van der Waals surface area contributed by atoms with Crippen molar-refractivity contribution in [1.29, 1.82) is 0 Å². The molecular formula is C24H25ClN6O2. The molecule has 4 rings (SSSR count). The van der Waals surface area contributed by atoms with Crippen LogP contribution in [0.3, 0.4) is 0 Å². The Bertz CT molecular complexity index is 1390. The first-order chi connectivity index (χ1) is 15.9. The number of pyridine rings is 1. The molecule has 170 valence electrons. The molecule has 0 aliphatic carbocycles. The number of fused-ring (bicyclic) bond motifs is 1. The summed E-state index contributed by atoms with van der Waals surface area (Å²) in [4.78, 5) is 27.6. The van der Waals surface area contributed by atoms with Gasteiger partial charge in [-0.3, -0.25) is 9.79 Å². The molecule has 0 bridgehead atoms. The summed E-state index contributed by atoms with van der Waals surface area (Å²) in [5.74, 6) is 0.867. The molecule has 6 N–H and O–H groups in total. The third-order valence-electron chi connectivity index (χ3n) is 5.32. The minimum atomic E-state index is -0.808. The second-order valence-electron chi connectivity index (χ2n) is 7.68. The molecule has 1 unspecified atom stereocenters. The number of hydrogen-bond donors (Lipinski definition) is 5. The number of H-pyrrole nitrogens is 2. The number of aromatic amines is 2. The quantitative estimate of drug-likeness (QED) is 0.210. The van der Waals surface area contributed by atoms with E-state index in [1.165, 1.54) is 0 Å². The zero-order chi connectivity index (χ0) is 23.5. The number of nitrogens with zero attached hydrogens (tertiary/aromatic N) is 2. The Morgan fingerprint density at radius 2 is 2.12 bits per heavy atom. The van der Waals surface area contributed by atoms with Gasteiger partial charge in [-0.2, -0.15) is 0 Å². The Balaban J connectivity index is 1.69. The second kappa shape index (κ2) is 9.48. The van der Waals surface area contributed by atoms with Crippen molar-refractivity contribution < 1.29 is 5.11 Å². The second-order valence-corrected chi connectivity index (χ2v) is 8.12. The van der Waals surface area contributed by atoms with Crippen LogP contribution >= 0.6 is 11.6 Å². The van der Waals surface area contributed by atoms with Crippen LogP contribution in [0.25, 0.3) is 22.4 Å². The zero-order valence-electron chi connectivity index (χ0n) is 18.3. The SMILES string of the molecule is CC/N=C(\N)c1cc(C)c2nc(-c3c(NCC(O)c4cccc(Cl)c4)cc[nH]c3=O)[nH]c2c1. The highest BCUT2D eigenvalue weighted by atomic mass is 35.5. The summed E-state index contributed by atoms with van der Waals surface area (Å²) in [5.41, 5.74) is 10.5. The molecule has 0 amide bonds. The molecule has 8 nitrogen and oxygen atoms in total. The van der Waals surface area contributed by atoms with Crippen LogP contribution in [0.2, 0.25) is 5.02 Å². The van der Waals surface area contributed by atoms with Gasteiger partial charge in [-0.15, -0.1) is 0 Å². The van der Waals surface area contributed by atoms with E-state index < -0.39 is 6.10 Å². The molecule has 0 aliphatic heterocycles. The van der Waals surface area contributed by atoms with Crippen LogP contribution in [0.15, 0.2) is 58.4 Å². The lowest BCUT2D eigenvalue weighted by atomic mass is 10.1. The number of aliphatic imine (C=N–C) groups is 1. The van der Waals surface area contributed by atoms with Crippen molar-refractivity contribution >= 4 is 34.2 Å². The van der Waals surface area contributed by atoms with Crippen LogP contribution in [0.1, 0.15) is 29.7 Å². The molecule has 0 saturated heterocycles. The Labute approximate surface area is 195 Å². The minimum absolute atomic E-state index is 0.185. The van der Waals surface area contributed by atoms with E-state index in [2.05, 4.69) is 25.3 Å². The van der Waals surface area contributed by atoms with Crippen molar-refractivity contribution in [3.8, 4) is 11.4 Å². The van der Waals surface area contributed by atoms with Gasteiger partial charge in [0.05, 0.1) is 22.8 Å². The topological polar surface area (TPSA) is 132 Å². The first-order valence-electron chi connectivity index (χ1n) is 10.6. The van der Waals surface area contributed by atoms with Crippen LogP contribution in [0, 0.1) is 6.92 Å². The Kier molecular flexibility index (Phi) is 6.48. The molecule has 0 radical (unpaired) electrons. The van der Waals surface area contributed by atoms with E-state index in [0.717, 1.165) is 22.2 Å². The molecule has 9 heteroatoms. The number of aliphatic hydroxyl groups is 1. The minimum Gasteiger partial charge on any atom is -0.387 e. The van der Waals surface area contributed by atoms with Crippen LogP contribution in [-0.4, -0.2) is 39.0 Å². The predicted octanol–water partition coefficient (Wildman–Crippen LogP) is 3.75. The van der Waals surface area contributed by atoms with Gasteiger partial charge >= 0.3 is 0 Å². The van der Waals surface area contributed by atoms with Crippen LogP contribution in [0.4, 0.5) is 5.69 Å². The van der Waals surface area contributed by atoms with Gasteiger partial charge in [-0.05, 0) is 55.3 Å². The molecule has 33 heavy (non-hydrogen) atoms.